The largest absolute Gasteiger partial charge is 0.494 e. The molecule has 0 unspecified atom stereocenters. The van der Waals surface area contributed by atoms with Gasteiger partial charge in [-0.3, -0.25) is 9.59 Å². The van der Waals surface area contributed by atoms with Crippen molar-refractivity contribution in [1.82, 2.24) is 4.57 Å². The molecular formula is C18H19N3O3. The summed E-state index contributed by atoms with van der Waals surface area (Å²) >= 11 is 0. The Hall–Kier alpha value is -3.07. The van der Waals surface area contributed by atoms with E-state index in [0.717, 1.165) is 5.75 Å². The second kappa shape index (κ2) is 7.47. The molecule has 1 N–H and O–H groups in total. The van der Waals surface area contributed by atoms with E-state index in [0.29, 0.717) is 23.6 Å². The number of ether oxygens (including phenoxy) is 1. The molecule has 0 radical (unpaired) electrons. The zero-order valence-electron chi connectivity index (χ0n) is 13.9. The van der Waals surface area contributed by atoms with Crippen molar-refractivity contribution < 1.29 is 9.53 Å². The van der Waals surface area contributed by atoms with Crippen LogP contribution in [0, 0.1) is 25.2 Å². The molecule has 1 aromatic heterocycles. The lowest BCUT2D eigenvalue weighted by Gasteiger charge is -2.12. The zero-order chi connectivity index (χ0) is 17.7. The van der Waals surface area contributed by atoms with Crippen molar-refractivity contribution in [2.75, 3.05) is 11.9 Å². The summed E-state index contributed by atoms with van der Waals surface area (Å²) in [6.45, 7) is 5.76. The molecule has 0 aliphatic rings. The third-order valence-corrected chi connectivity index (χ3v) is 3.57. The van der Waals surface area contributed by atoms with Gasteiger partial charge in [0, 0.05) is 11.4 Å². The Kier molecular flexibility index (Phi) is 5.38. The highest BCUT2D eigenvalue weighted by Gasteiger charge is 2.13. The first-order valence-corrected chi connectivity index (χ1v) is 7.60. The normalized spacial score (nSPS) is 10.1. The highest BCUT2D eigenvalue weighted by atomic mass is 16.5. The van der Waals surface area contributed by atoms with E-state index in [2.05, 4.69) is 5.32 Å². The molecular weight excluding hydrogens is 306 g/mol. The summed E-state index contributed by atoms with van der Waals surface area (Å²) in [6.07, 6.45) is 0. The van der Waals surface area contributed by atoms with Crippen molar-refractivity contribution in [2.45, 2.75) is 27.3 Å². The smallest absolute Gasteiger partial charge is 0.269 e. The van der Waals surface area contributed by atoms with Crippen LogP contribution in [0.4, 0.5) is 5.69 Å². The monoisotopic (exact) mass is 325 g/mol. The van der Waals surface area contributed by atoms with Crippen LogP contribution in [-0.4, -0.2) is 17.1 Å². The number of carbonyl (C=O) groups excluding carboxylic acids is 1. The molecule has 6 nitrogen and oxygen atoms in total. The van der Waals surface area contributed by atoms with Gasteiger partial charge in [-0.2, -0.15) is 5.26 Å². The van der Waals surface area contributed by atoms with Gasteiger partial charge in [0.25, 0.3) is 5.56 Å². The molecule has 2 aromatic rings. The van der Waals surface area contributed by atoms with Crippen LogP contribution in [-0.2, 0) is 11.3 Å². The number of amides is 1. The SMILES string of the molecule is CCOc1ccc(NC(=O)Cn2c(C)cc(C)c(C#N)c2=O)cc1. The number of aryl methyl sites for hydroxylation is 2. The maximum absolute atomic E-state index is 12.3. The average Bonchev–Trinajstić information content (AvgIpc) is 2.54. The van der Waals surface area contributed by atoms with Crippen LogP contribution < -0.4 is 15.6 Å². The predicted molar refractivity (Wildman–Crippen MR) is 91.1 cm³/mol. The molecule has 0 bridgehead atoms. The van der Waals surface area contributed by atoms with Crippen LogP contribution in [0.25, 0.3) is 0 Å². The summed E-state index contributed by atoms with van der Waals surface area (Å²) in [7, 11) is 0. The van der Waals surface area contributed by atoms with Gasteiger partial charge in [0.05, 0.1) is 6.61 Å². The van der Waals surface area contributed by atoms with Gasteiger partial charge >= 0.3 is 0 Å². The van der Waals surface area contributed by atoms with E-state index in [9.17, 15) is 9.59 Å². The number of carbonyl (C=O) groups is 1. The number of aromatic nitrogens is 1. The Morgan fingerprint density at radius 2 is 1.96 bits per heavy atom. The third kappa shape index (κ3) is 3.82. The summed E-state index contributed by atoms with van der Waals surface area (Å²) in [5.41, 5.74) is 1.48. The highest BCUT2D eigenvalue weighted by Crippen LogP contribution is 2.15. The molecule has 6 heteroatoms. The third-order valence-electron chi connectivity index (χ3n) is 3.57. The highest BCUT2D eigenvalue weighted by molar-refractivity contribution is 5.90. The Morgan fingerprint density at radius 1 is 1.29 bits per heavy atom. The van der Waals surface area contributed by atoms with Gasteiger partial charge in [0.15, 0.2) is 0 Å². The molecule has 0 saturated heterocycles. The first kappa shape index (κ1) is 17.3. The van der Waals surface area contributed by atoms with Crippen LogP contribution in [0.5, 0.6) is 5.75 Å². The quantitative estimate of drug-likeness (QED) is 0.914. The van der Waals surface area contributed by atoms with Crippen LogP contribution in [0.1, 0.15) is 23.7 Å². The van der Waals surface area contributed by atoms with E-state index in [4.69, 9.17) is 10.00 Å². The van der Waals surface area contributed by atoms with E-state index in [1.165, 1.54) is 4.57 Å². The van der Waals surface area contributed by atoms with Gasteiger partial charge in [-0.1, -0.05) is 0 Å². The number of hydrogen-bond acceptors (Lipinski definition) is 4. The van der Waals surface area contributed by atoms with Crippen molar-refractivity contribution in [2.24, 2.45) is 0 Å². The number of pyridine rings is 1. The van der Waals surface area contributed by atoms with E-state index >= 15 is 0 Å². The molecule has 0 atom stereocenters. The van der Waals surface area contributed by atoms with Gasteiger partial charge in [-0.05, 0) is 56.7 Å². The minimum atomic E-state index is -0.447. The summed E-state index contributed by atoms with van der Waals surface area (Å²) < 4.78 is 6.64. The van der Waals surface area contributed by atoms with Gasteiger partial charge < -0.3 is 14.6 Å². The second-order valence-corrected chi connectivity index (χ2v) is 5.35. The maximum Gasteiger partial charge on any atom is 0.269 e. The number of nitrogens with zero attached hydrogens (tertiary/aromatic N) is 2. The van der Waals surface area contributed by atoms with Gasteiger partial charge in [-0.15, -0.1) is 0 Å². The predicted octanol–water partition coefficient (Wildman–Crippen LogP) is 2.37. The van der Waals surface area contributed by atoms with Crippen molar-refractivity contribution in [3.63, 3.8) is 0 Å². The fourth-order valence-electron chi connectivity index (χ4n) is 2.41. The lowest BCUT2D eigenvalue weighted by molar-refractivity contribution is -0.116. The van der Waals surface area contributed by atoms with E-state index in [1.807, 2.05) is 13.0 Å². The molecule has 0 aliphatic heterocycles. The number of hydrogen-bond donors (Lipinski definition) is 1. The number of anilines is 1. The molecule has 0 fully saturated rings. The fourth-order valence-corrected chi connectivity index (χ4v) is 2.41. The molecule has 2 rings (SSSR count). The molecule has 1 amide bonds. The van der Waals surface area contributed by atoms with Gasteiger partial charge in [0.1, 0.15) is 23.9 Å². The fraction of sp³-hybridized carbons (Fsp3) is 0.278. The zero-order valence-corrected chi connectivity index (χ0v) is 13.9. The summed E-state index contributed by atoms with van der Waals surface area (Å²) in [4.78, 5) is 24.5. The molecule has 0 aliphatic carbocycles. The van der Waals surface area contributed by atoms with Gasteiger partial charge in [-0.25, -0.2) is 0 Å². The first-order chi connectivity index (χ1) is 11.5. The van der Waals surface area contributed by atoms with Crippen molar-refractivity contribution in [3.05, 3.63) is 57.5 Å². The first-order valence-electron chi connectivity index (χ1n) is 7.60. The molecule has 1 aromatic carbocycles. The van der Waals surface area contributed by atoms with E-state index in [-0.39, 0.29) is 18.0 Å². The Balaban J connectivity index is 2.16. The number of benzene rings is 1. The molecule has 0 spiro atoms. The number of rotatable bonds is 5. The van der Waals surface area contributed by atoms with Crippen LogP contribution in [0.3, 0.4) is 0 Å². The molecule has 0 saturated carbocycles. The molecule has 1 heterocycles. The summed E-state index contributed by atoms with van der Waals surface area (Å²) in [5.74, 6) is 0.386. The second-order valence-electron chi connectivity index (χ2n) is 5.35. The topological polar surface area (TPSA) is 84.1 Å². The van der Waals surface area contributed by atoms with Crippen molar-refractivity contribution in [3.8, 4) is 11.8 Å². The average molecular weight is 325 g/mol. The van der Waals surface area contributed by atoms with Crippen LogP contribution >= 0.6 is 0 Å². The van der Waals surface area contributed by atoms with E-state index < -0.39 is 5.56 Å². The Labute approximate surface area is 140 Å². The lowest BCUT2D eigenvalue weighted by Crippen LogP contribution is -2.31. The maximum atomic E-state index is 12.3. The standard InChI is InChI=1S/C18H19N3O3/c1-4-24-15-7-5-14(6-8-15)20-17(22)11-21-13(3)9-12(2)16(10-19)18(21)23/h5-9H,4,11H2,1-3H3,(H,20,22). The lowest BCUT2D eigenvalue weighted by atomic mass is 10.1. The Morgan fingerprint density at radius 3 is 2.54 bits per heavy atom. The van der Waals surface area contributed by atoms with Crippen molar-refractivity contribution >= 4 is 11.6 Å². The number of nitrogens with one attached hydrogen (secondary N) is 1. The van der Waals surface area contributed by atoms with Crippen molar-refractivity contribution in [1.29, 1.82) is 5.26 Å². The van der Waals surface area contributed by atoms with E-state index in [1.54, 1.807) is 44.2 Å². The summed E-state index contributed by atoms with van der Waals surface area (Å²) in [6, 6.07) is 10.6. The van der Waals surface area contributed by atoms with Crippen LogP contribution in [0.15, 0.2) is 35.1 Å². The number of nitriles is 1. The molecule has 124 valence electrons. The molecule has 24 heavy (non-hydrogen) atoms. The minimum absolute atomic E-state index is 0.0643. The summed E-state index contributed by atoms with van der Waals surface area (Å²) in [5, 5.41) is 11.8. The minimum Gasteiger partial charge on any atom is -0.494 e. The van der Waals surface area contributed by atoms with Crippen LogP contribution in [0.2, 0.25) is 0 Å². The van der Waals surface area contributed by atoms with Gasteiger partial charge in [0.2, 0.25) is 5.91 Å². The Bertz CT molecular complexity index is 846.